The second-order valence-corrected chi connectivity index (χ2v) is 7.24. The molecule has 1 aromatic rings. The second-order valence-electron chi connectivity index (χ2n) is 6.32. The van der Waals surface area contributed by atoms with Crippen LogP contribution in [-0.4, -0.2) is 46.7 Å². The molecule has 0 aromatic heterocycles. The summed E-state index contributed by atoms with van der Waals surface area (Å²) in [6.07, 6.45) is 4.64. The normalized spacial score (nSPS) is 17.5. The van der Waals surface area contributed by atoms with Crippen molar-refractivity contribution in [3.8, 4) is 0 Å². The lowest BCUT2D eigenvalue weighted by Gasteiger charge is -2.28. The lowest BCUT2D eigenvalue weighted by atomic mass is 10.1. The molecule has 0 radical (unpaired) electrons. The predicted molar refractivity (Wildman–Crippen MR) is 93.8 cm³/mol. The fraction of sp³-hybridized carbons (Fsp3) is 0.500. The molecular formula is C18H21BrN2O3. The molecule has 0 spiro atoms. The van der Waals surface area contributed by atoms with E-state index in [0.29, 0.717) is 23.7 Å². The first-order valence-electron chi connectivity index (χ1n) is 8.48. The summed E-state index contributed by atoms with van der Waals surface area (Å²) < 4.78 is 0.763. The molecule has 6 heteroatoms. The van der Waals surface area contributed by atoms with Crippen molar-refractivity contribution >= 4 is 33.7 Å². The van der Waals surface area contributed by atoms with Crippen LogP contribution in [0.15, 0.2) is 22.7 Å². The van der Waals surface area contributed by atoms with E-state index in [2.05, 4.69) is 15.9 Å². The van der Waals surface area contributed by atoms with Crippen LogP contribution in [0.5, 0.6) is 0 Å². The maximum Gasteiger partial charge on any atom is 0.261 e. The quantitative estimate of drug-likeness (QED) is 0.722. The maximum atomic E-state index is 12.5. The van der Waals surface area contributed by atoms with Crippen molar-refractivity contribution < 1.29 is 14.4 Å². The van der Waals surface area contributed by atoms with E-state index >= 15 is 0 Å². The number of amides is 3. The number of rotatable bonds is 5. The number of benzene rings is 1. The standard InChI is InChI=1S/C18H21BrN2O3/c1-2-20(13-5-3-4-6-13)16(22)9-10-21-17(23)14-8-7-12(19)11-15(14)18(21)24/h7-8,11,13H,2-6,9-10H2,1H3. The molecular weight excluding hydrogens is 372 g/mol. The maximum absolute atomic E-state index is 12.5. The summed E-state index contributed by atoms with van der Waals surface area (Å²) in [6.45, 7) is 2.81. The van der Waals surface area contributed by atoms with Gasteiger partial charge in [-0.2, -0.15) is 0 Å². The van der Waals surface area contributed by atoms with E-state index in [1.165, 1.54) is 17.7 Å². The third-order valence-corrected chi connectivity index (χ3v) is 5.40. The van der Waals surface area contributed by atoms with E-state index in [1.807, 2.05) is 11.8 Å². The molecule has 3 amide bonds. The first-order chi connectivity index (χ1) is 11.5. The average molecular weight is 393 g/mol. The van der Waals surface area contributed by atoms with E-state index in [4.69, 9.17) is 0 Å². The first kappa shape index (κ1) is 17.1. The highest BCUT2D eigenvalue weighted by Crippen LogP contribution is 2.27. The Kier molecular flexibility index (Phi) is 5.04. The molecule has 0 bridgehead atoms. The Morgan fingerprint density at radius 1 is 1.21 bits per heavy atom. The fourth-order valence-corrected chi connectivity index (χ4v) is 4.03. The van der Waals surface area contributed by atoms with E-state index in [0.717, 1.165) is 17.3 Å². The van der Waals surface area contributed by atoms with Crippen molar-refractivity contribution in [1.82, 2.24) is 9.80 Å². The Labute approximate surface area is 150 Å². The third-order valence-electron chi connectivity index (χ3n) is 4.91. The van der Waals surface area contributed by atoms with Crippen molar-refractivity contribution in [2.75, 3.05) is 13.1 Å². The van der Waals surface area contributed by atoms with Crippen LogP contribution in [0, 0.1) is 0 Å². The van der Waals surface area contributed by atoms with Gasteiger partial charge in [0, 0.05) is 30.0 Å². The second kappa shape index (κ2) is 7.05. The molecule has 0 atom stereocenters. The molecule has 1 heterocycles. The zero-order valence-electron chi connectivity index (χ0n) is 13.8. The highest BCUT2D eigenvalue weighted by Gasteiger charge is 2.36. The van der Waals surface area contributed by atoms with E-state index < -0.39 is 0 Å². The minimum atomic E-state index is -0.312. The molecule has 3 rings (SSSR count). The van der Waals surface area contributed by atoms with Gasteiger partial charge in [0.15, 0.2) is 0 Å². The Morgan fingerprint density at radius 2 is 1.88 bits per heavy atom. The van der Waals surface area contributed by atoms with Gasteiger partial charge in [0.05, 0.1) is 11.1 Å². The largest absolute Gasteiger partial charge is 0.340 e. The Bertz CT molecular complexity index is 683. The van der Waals surface area contributed by atoms with E-state index in [-0.39, 0.29) is 30.7 Å². The van der Waals surface area contributed by atoms with Crippen molar-refractivity contribution in [2.45, 2.75) is 45.1 Å². The van der Waals surface area contributed by atoms with Gasteiger partial charge in [-0.3, -0.25) is 19.3 Å². The van der Waals surface area contributed by atoms with Crippen molar-refractivity contribution in [3.63, 3.8) is 0 Å². The van der Waals surface area contributed by atoms with Crippen molar-refractivity contribution in [3.05, 3.63) is 33.8 Å². The summed E-state index contributed by atoms with van der Waals surface area (Å²) in [6, 6.07) is 5.38. The number of carbonyl (C=O) groups excluding carboxylic acids is 3. The molecule has 0 unspecified atom stereocenters. The van der Waals surface area contributed by atoms with Crippen LogP contribution in [0.1, 0.15) is 59.7 Å². The summed E-state index contributed by atoms with van der Waals surface area (Å²) in [5, 5.41) is 0. The van der Waals surface area contributed by atoms with Gasteiger partial charge in [0.25, 0.3) is 11.8 Å². The molecule has 128 valence electrons. The Morgan fingerprint density at radius 3 is 2.54 bits per heavy atom. The molecule has 0 saturated heterocycles. The summed E-state index contributed by atoms with van der Waals surface area (Å²) >= 11 is 3.32. The van der Waals surface area contributed by atoms with Crippen LogP contribution in [0.25, 0.3) is 0 Å². The van der Waals surface area contributed by atoms with Crippen LogP contribution in [0.4, 0.5) is 0 Å². The zero-order valence-corrected chi connectivity index (χ0v) is 15.3. The third kappa shape index (κ3) is 3.11. The number of nitrogens with zero attached hydrogens (tertiary/aromatic N) is 2. The number of carbonyl (C=O) groups is 3. The molecule has 24 heavy (non-hydrogen) atoms. The zero-order chi connectivity index (χ0) is 17.3. The van der Waals surface area contributed by atoms with Gasteiger partial charge in [-0.1, -0.05) is 28.8 Å². The predicted octanol–water partition coefficient (Wildman–Crippen LogP) is 3.23. The van der Waals surface area contributed by atoms with Crippen LogP contribution in [0.3, 0.4) is 0 Å². The monoisotopic (exact) mass is 392 g/mol. The van der Waals surface area contributed by atoms with Gasteiger partial charge in [0.2, 0.25) is 5.91 Å². The van der Waals surface area contributed by atoms with Crippen LogP contribution >= 0.6 is 15.9 Å². The number of hydrogen-bond donors (Lipinski definition) is 0. The number of imide groups is 1. The van der Waals surface area contributed by atoms with Gasteiger partial charge in [0.1, 0.15) is 0 Å². The topological polar surface area (TPSA) is 57.7 Å². The van der Waals surface area contributed by atoms with Crippen LogP contribution < -0.4 is 0 Å². The average Bonchev–Trinajstić information content (AvgIpc) is 3.16. The summed E-state index contributed by atoms with van der Waals surface area (Å²) in [4.78, 5) is 40.4. The van der Waals surface area contributed by atoms with Gasteiger partial charge in [-0.05, 0) is 38.0 Å². The van der Waals surface area contributed by atoms with Crippen LogP contribution in [-0.2, 0) is 4.79 Å². The molecule has 0 N–H and O–H groups in total. The lowest BCUT2D eigenvalue weighted by molar-refractivity contribution is -0.133. The minimum Gasteiger partial charge on any atom is -0.340 e. The summed E-state index contributed by atoms with van der Waals surface area (Å²) in [5.41, 5.74) is 0.823. The highest BCUT2D eigenvalue weighted by molar-refractivity contribution is 9.10. The summed E-state index contributed by atoms with van der Waals surface area (Å²) in [7, 11) is 0. The van der Waals surface area contributed by atoms with Crippen LogP contribution in [0.2, 0.25) is 0 Å². The lowest BCUT2D eigenvalue weighted by Crippen LogP contribution is -2.41. The molecule has 1 saturated carbocycles. The van der Waals surface area contributed by atoms with Gasteiger partial charge >= 0.3 is 0 Å². The number of halogens is 1. The minimum absolute atomic E-state index is 0.0298. The molecule has 5 nitrogen and oxygen atoms in total. The van der Waals surface area contributed by atoms with Gasteiger partial charge in [-0.25, -0.2) is 0 Å². The first-order valence-corrected chi connectivity index (χ1v) is 9.27. The SMILES string of the molecule is CCN(C(=O)CCN1C(=O)c2ccc(Br)cc2C1=O)C1CCCC1. The molecule has 1 aliphatic heterocycles. The van der Waals surface area contributed by atoms with Crippen molar-refractivity contribution in [2.24, 2.45) is 0 Å². The molecule has 1 fully saturated rings. The molecule has 1 aliphatic carbocycles. The van der Waals surface area contributed by atoms with Gasteiger partial charge in [-0.15, -0.1) is 0 Å². The number of fused-ring (bicyclic) bond motifs is 1. The van der Waals surface area contributed by atoms with Gasteiger partial charge < -0.3 is 4.90 Å². The fourth-order valence-electron chi connectivity index (χ4n) is 3.67. The molecule has 2 aliphatic rings. The van der Waals surface area contributed by atoms with Crippen molar-refractivity contribution in [1.29, 1.82) is 0 Å². The van der Waals surface area contributed by atoms with E-state index in [1.54, 1.807) is 18.2 Å². The Hall–Kier alpha value is -1.69. The number of hydrogen-bond acceptors (Lipinski definition) is 3. The molecule has 1 aromatic carbocycles. The highest BCUT2D eigenvalue weighted by atomic mass is 79.9. The summed E-state index contributed by atoms with van der Waals surface area (Å²) in [5.74, 6) is -0.589. The Balaban J connectivity index is 1.65. The smallest absolute Gasteiger partial charge is 0.261 e. The van der Waals surface area contributed by atoms with E-state index in [9.17, 15) is 14.4 Å².